The number of nitro groups is 1. The van der Waals surface area contributed by atoms with Gasteiger partial charge in [0.05, 0.1) is 32.0 Å². The molecule has 11 nitrogen and oxygen atoms in total. The fourth-order valence-corrected chi connectivity index (χ4v) is 4.09. The second-order valence-electron chi connectivity index (χ2n) is 9.12. The van der Waals surface area contributed by atoms with Crippen LogP contribution in [0.25, 0.3) is 6.08 Å². The maximum Gasteiger partial charge on any atom is 0.269 e. The summed E-state index contributed by atoms with van der Waals surface area (Å²) in [4.78, 5) is 40.2. The van der Waals surface area contributed by atoms with Gasteiger partial charge in [0.25, 0.3) is 5.69 Å². The molecular formula is C30H35N3O8. The number of hydrogen-bond acceptors (Lipinski definition) is 8. The maximum atomic E-state index is 13.6. The first kappa shape index (κ1) is 30.9. The third-order valence-corrected chi connectivity index (χ3v) is 6.33. The van der Waals surface area contributed by atoms with Crippen LogP contribution in [0, 0.1) is 10.1 Å². The summed E-state index contributed by atoms with van der Waals surface area (Å²) in [7, 11) is 4.72. The molecule has 2 amide bonds. The number of nitro benzene ring substituents is 1. The molecule has 1 aromatic heterocycles. The van der Waals surface area contributed by atoms with Gasteiger partial charge in [0, 0.05) is 45.0 Å². The van der Waals surface area contributed by atoms with Gasteiger partial charge in [0.2, 0.25) is 11.8 Å². The highest BCUT2D eigenvalue weighted by Crippen LogP contribution is 2.28. The predicted octanol–water partition coefficient (Wildman–Crippen LogP) is 4.35. The Bertz CT molecular complexity index is 1310. The smallest absolute Gasteiger partial charge is 0.269 e. The van der Waals surface area contributed by atoms with Crippen LogP contribution in [-0.2, 0) is 27.3 Å². The SMILES string of the molecule is COCCCN(CC(=O)N(CCc1ccc(OC)c(OC)c1)Cc1ccco1)C(=O)C=Cc1ccc([N+](=O)[O-])cc1. The largest absolute Gasteiger partial charge is 0.493 e. The van der Waals surface area contributed by atoms with Crippen molar-refractivity contribution < 1.29 is 33.1 Å². The zero-order valence-corrected chi connectivity index (χ0v) is 23.5. The Morgan fingerprint density at radius 2 is 1.73 bits per heavy atom. The molecule has 0 N–H and O–H groups in total. The average Bonchev–Trinajstić information content (AvgIpc) is 3.50. The van der Waals surface area contributed by atoms with Crippen molar-refractivity contribution in [2.24, 2.45) is 0 Å². The Kier molecular flexibility index (Phi) is 11.9. The van der Waals surface area contributed by atoms with Crippen LogP contribution in [0.4, 0.5) is 5.69 Å². The Labute approximate surface area is 239 Å². The van der Waals surface area contributed by atoms with Crippen LogP contribution < -0.4 is 9.47 Å². The summed E-state index contributed by atoms with van der Waals surface area (Å²) in [5, 5.41) is 10.9. The van der Waals surface area contributed by atoms with Crippen molar-refractivity contribution in [3.8, 4) is 11.5 Å². The zero-order chi connectivity index (χ0) is 29.6. The normalized spacial score (nSPS) is 10.9. The molecule has 0 aliphatic carbocycles. The monoisotopic (exact) mass is 565 g/mol. The van der Waals surface area contributed by atoms with Gasteiger partial charge < -0.3 is 28.4 Å². The summed E-state index contributed by atoms with van der Waals surface area (Å²) in [5.41, 5.74) is 1.55. The lowest BCUT2D eigenvalue weighted by Gasteiger charge is -2.27. The topological polar surface area (TPSA) is 125 Å². The Morgan fingerprint density at radius 3 is 2.37 bits per heavy atom. The number of non-ortho nitro benzene ring substituents is 1. The van der Waals surface area contributed by atoms with E-state index in [1.165, 1.54) is 23.1 Å². The van der Waals surface area contributed by atoms with Crippen LogP contribution in [0.15, 0.2) is 71.4 Å². The number of hydrogen-bond donors (Lipinski definition) is 0. The van der Waals surface area contributed by atoms with Gasteiger partial charge in [-0.05, 0) is 66.4 Å². The first-order chi connectivity index (χ1) is 19.8. The fraction of sp³-hybridized carbons (Fsp3) is 0.333. The van der Waals surface area contributed by atoms with Gasteiger partial charge in [-0.25, -0.2) is 0 Å². The molecule has 3 aromatic rings. The van der Waals surface area contributed by atoms with Crippen molar-refractivity contribution in [3.05, 3.63) is 93.9 Å². The van der Waals surface area contributed by atoms with E-state index in [0.717, 1.165) is 5.56 Å². The van der Waals surface area contributed by atoms with Crippen molar-refractivity contribution in [1.82, 2.24) is 9.80 Å². The highest BCUT2D eigenvalue weighted by Gasteiger charge is 2.21. The predicted molar refractivity (Wildman–Crippen MR) is 153 cm³/mol. The molecule has 0 unspecified atom stereocenters. The lowest BCUT2D eigenvalue weighted by Crippen LogP contribution is -2.43. The van der Waals surface area contributed by atoms with Crippen molar-refractivity contribution in [2.75, 3.05) is 47.6 Å². The number of rotatable bonds is 16. The lowest BCUT2D eigenvalue weighted by molar-refractivity contribution is -0.384. The maximum absolute atomic E-state index is 13.6. The van der Waals surface area contributed by atoms with Gasteiger partial charge in [-0.3, -0.25) is 19.7 Å². The minimum Gasteiger partial charge on any atom is -0.493 e. The van der Waals surface area contributed by atoms with Crippen LogP contribution in [0.3, 0.4) is 0 Å². The molecule has 0 aliphatic heterocycles. The summed E-state index contributed by atoms with van der Waals surface area (Å²) in [6, 6.07) is 15.0. The Balaban J connectivity index is 1.74. The highest BCUT2D eigenvalue weighted by atomic mass is 16.6. The minimum absolute atomic E-state index is 0.0370. The van der Waals surface area contributed by atoms with Gasteiger partial charge in [-0.2, -0.15) is 0 Å². The number of methoxy groups -OCH3 is 3. The molecule has 0 fully saturated rings. The molecule has 3 rings (SSSR count). The lowest BCUT2D eigenvalue weighted by atomic mass is 10.1. The van der Waals surface area contributed by atoms with E-state index >= 15 is 0 Å². The quantitative estimate of drug-likeness (QED) is 0.109. The molecular weight excluding hydrogens is 530 g/mol. The second-order valence-corrected chi connectivity index (χ2v) is 9.12. The molecule has 41 heavy (non-hydrogen) atoms. The van der Waals surface area contributed by atoms with E-state index in [1.807, 2.05) is 18.2 Å². The van der Waals surface area contributed by atoms with Crippen molar-refractivity contribution >= 4 is 23.6 Å². The number of carbonyl (C=O) groups excluding carboxylic acids is 2. The first-order valence-electron chi connectivity index (χ1n) is 13.1. The minimum atomic E-state index is -0.485. The number of carbonyl (C=O) groups is 2. The van der Waals surface area contributed by atoms with E-state index in [-0.39, 0.29) is 30.6 Å². The Morgan fingerprint density at radius 1 is 0.976 bits per heavy atom. The van der Waals surface area contributed by atoms with Gasteiger partial charge in [0.1, 0.15) is 12.3 Å². The number of benzene rings is 2. The average molecular weight is 566 g/mol. The molecule has 11 heteroatoms. The number of furan rings is 1. The molecule has 0 atom stereocenters. The third-order valence-electron chi connectivity index (χ3n) is 6.33. The van der Waals surface area contributed by atoms with Crippen LogP contribution >= 0.6 is 0 Å². The molecule has 2 aromatic carbocycles. The zero-order valence-electron chi connectivity index (χ0n) is 23.5. The second kappa shape index (κ2) is 15.8. The van der Waals surface area contributed by atoms with Crippen LogP contribution in [0.1, 0.15) is 23.3 Å². The van der Waals surface area contributed by atoms with E-state index in [9.17, 15) is 19.7 Å². The van der Waals surface area contributed by atoms with E-state index in [0.29, 0.717) is 55.4 Å². The first-order valence-corrected chi connectivity index (χ1v) is 13.1. The Hall–Kier alpha value is -4.64. The highest BCUT2D eigenvalue weighted by molar-refractivity contribution is 5.94. The van der Waals surface area contributed by atoms with Crippen molar-refractivity contribution in [3.63, 3.8) is 0 Å². The molecule has 0 saturated carbocycles. The number of ether oxygens (including phenoxy) is 3. The van der Waals surface area contributed by atoms with E-state index < -0.39 is 4.92 Å². The summed E-state index contributed by atoms with van der Waals surface area (Å²) in [6.07, 6.45) is 5.57. The molecule has 0 spiro atoms. The molecule has 0 aliphatic rings. The van der Waals surface area contributed by atoms with E-state index in [4.69, 9.17) is 18.6 Å². The van der Waals surface area contributed by atoms with E-state index in [2.05, 4.69) is 0 Å². The van der Waals surface area contributed by atoms with Gasteiger partial charge in [0.15, 0.2) is 11.5 Å². The summed E-state index contributed by atoms with van der Waals surface area (Å²) in [5.74, 6) is 1.25. The summed E-state index contributed by atoms with van der Waals surface area (Å²) >= 11 is 0. The van der Waals surface area contributed by atoms with Crippen molar-refractivity contribution in [1.29, 1.82) is 0 Å². The van der Waals surface area contributed by atoms with Crippen LogP contribution in [-0.4, -0.2) is 74.1 Å². The fourth-order valence-electron chi connectivity index (χ4n) is 4.09. The molecule has 0 bridgehead atoms. The van der Waals surface area contributed by atoms with Crippen LogP contribution in [0.5, 0.6) is 11.5 Å². The summed E-state index contributed by atoms with van der Waals surface area (Å²) in [6.45, 7) is 1.23. The molecule has 0 radical (unpaired) electrons. The van der Waals surface area contributed by atoms with Crippen molar-refractivity contribution in [2.45, 2.75) is 19.4 Å². The van der Waals surface area contributed by atoms with Crippen LogP contribution in [0.2, 0.25) is 0 Å². The summed E-state index contributed by atoms with van der Waals surface area (Å²) < 4.78 is 21.3. The third kappa shape index (κ3) is 9.50. The van der Waals surface area contributed by atoms with Gasteiger partial charge in [-0.1, -0.05) is 6.07 Å². The van der Waals surface area contributed by atoms with Gasteiger partial charge >= 0.3 is 0 Å². The molecule has 218 valence electrons. The molecule has 0 saturated heterocycles. The molecule has 1 heterocycles. The standard InChI is InChI=1S/C30H35N3O8/c1-38-18-5-16-31(29(34)14-10-23-7-11-25(12-8-23)33(36)37)22-30(35)32(21-26-6-4-19-41-26)17-15-24-9-13-27(39-2)28(20-24)40-3/h4,6-14,19-20H,5,15-18,21-22H2,1-3H3. The van der Waals surface area contributed by atoms with Gasteiger partial charge in [-0.15, -0.1) is 0 Å². The number of amides is 2. The number of nitrogens with zero attached hydrogens (tertiary/aromatic N) is 3. The van der Waals surface area contributed by atoms with E-state index in [1.54, 1.807) is 62.8 Å².